The molecule has 0 aliphatic heterocycles. The van der Waals surface area contributed by atoms with E-state index in [0.717, 1.165) is 12.1 Å². The molecule has 1 aliphatic rings. The summed E-state index contributed by atoms with van der Waals surface area (Å²) in [6.07, 6.45) is -4.88. The smallest absolute Gasteiger partial charge is 0.399 e. The van der Waals surface area contributed by atoms with Gasteiger partial charge in [0.2, 0.25) is 0 Å². The van der Waals surface area contributed by atoms with Gasteiger partial charge in [-0.2, -0.15) is 13.2 Å². The Morgan fingerprint density at radius 1 is 1.33 bits per heavy atom. The van der Waals surface area contributed by atoms with E-state index in [1.807, 2.05) is 5.32 Å². The molecular formula is C11H10F4N2O. The standard InChI is InChI=1S/C11H10F4N2O/c12-8-5-6(16)1-2-7(8)9(18)17-10(3-4-10)11(13,14)15/h1-2,5H,3-4,16H2,(H,17,18). The van der Waals surface area contributed by atoms with Gasteiger partial charge in [-0.15, -0.1) is 0 Å². The minimum Gasteiger partial charge on any atom is -0.399 e. The quantitative estimate of drug-likeness (QED) is 0.634. The molecule has 0 bridgehead atoms. The van der Waals surface area contributed by atoms with Crippen molar-refractivity contribution in [2.24, 2.45) is 0 Å². The number of benzene rings is 1. The second-order valence-corrected chi connectivity index (χ2v) is 4.27. The monoisotopic (exact) mass is 262 g/mol. The molecule has 3 N–H and O–H groups in total. The van der Waals surface area contributed by atoms with Gasteiger partial charge in [0.25, 0.3) is 5.91 Å². The number of amides is 1. The zero-order valence-electron chi connectivity index (χ0n) is 9.14. The van der Waals surface area contributed by atoms with Crippen molar-refractivity contribution in [1.29, 1.82) is 0 Å². The van der Waals surface area contributed by atoms with E-state index in [2.05, 4.69) is 0 Å². The molecule has 0 aromatic heterocycles. The largest absolute Gasteiger partial charge is 0.411 e. The molecule has 1 fully saturated rings. The average molecular weight is 262 g/mol. The number of rotatable bonds is 2. The number of halogens is 4. The summed E-state index contributed by atoms with van der Waals surface area (Å²) < 4.78 is 51.2. The van der Waals surface area contributed by atoms with Crippen molar-refractivity contribution in [1.82, 2.24) is 5.32 Å². The van der Waals surface area contributed by atoms with E-state index in [1.165, 1.54) is 6.07 Å². The number of nitrogens with one attached hydrogen (secondary N) is 1. The lowest BCUT2D eigenvalue weighted by Crippen LogP contribution is -2.48. The van der Waals surface area contributed by atoms with Crippen LogP contribution >= 0.6 is 0 Å². The third-order valence-electron chi connectivity index (χ3n) is 2.88. The highest BCUT2D eigenvalue weighted by atomic mass is 19.4. The summed E-state index contributed by atoms with van der Waals surface area (Å²) in [5.74, 6) is -2.02. The summed E-state index contributed by atoms with van der Waals surface area (Å²) in [6, 6.07) is 3.21. The van der Waals surface area contributed by atoms with Gasteiger partial charge in [0.1, 0.15) is 11.4 Å². The average Bonchev–Trinajstić information content (AvgIpc) is 2.97. The lowest BCUT2D eigenvalue weighted by Gasteiger charge is -2.20. The van der Waals surface area contributed by atoms with E-state index in [1.54, 1.807) is 0 Å². The van der Waals surface area contributed by atoms with Gasteiger partial charge < -0.3 is 11.1 Å². The maximum Gasteiger partial charge on any atom is 0.411 e. The fourth-order valence-corrected chi connectivity index (χ4v) is 1.60. The van der Waals surface area contributed by atoms with Crippen LogP contribution in [0.3, 0.4) is 0 Å². The van der Waals surface area contributed by atoms with Crippen molar-refractivity contribution in [2.75, 3.05) is 5.73 Å². The number of nitrogen functional groups attached to an aromatic ring is 1. The van der Waals surface area contributed by atoms with Crippen LogP contribution in [0, 0.1) is 5.82 Å². The first-order valence-corrected chi connectivity index (χ1v) is 5.19. The van der Waals surface area contributed by atoms with E-state index >= 15 is 0 Å². The first-order chi connectivity index (χ1) is 8.25. The Morgan fingerprint density at radius 2 is 1.94 bits per heavy atom. The molecule has 1 amide bonds. The van der Waals surface area contributed by atoms with Gasteiger partial charge in [0.05, 0.1) is 5.56 Å². The van der Waals surface area contributed by atoms with Gasteiger partial charge in [-0.1, -0.05) is 0 Å². The van der Waals surface area contributed by atoms with Crippen LogP contribution in [0.25, 0.3) is 0 Å². The molecule has 0 heterocycles. The summed E-state index contributed by atoms with van der Waals surface area (Å²) in [7, 11) is 0. The van der Waals surface area contributed by atoms with Crippen LogP contribution in [0.1, 0.15) is 23.2 Å². The summed E-state index contributed by atoms with van der Waals surface area (Å²) in [6.45, 7) is 0. The lowest BCUT2D eigenvalue weighted by molar-refractivity contribution is -0.163. The molecule has 1 aliphatic carbocycles. The Balaban J connectivity index is 2.19. The van der Waals surface area contributed by atoms with Gasteiger partial charge in [-0.25, -0.2) is 4.39 Å². The summed E-state index contributed by atoms with van der Waals surface area (Å²) in [5, 5.41) is 1.84. The topological polar surface area (TPSA) is 55.1 Å². The van der Waals surface area contributed by atoms with E-state index in [-0.39, 0.29) is 18.5 Å². The maximum atomic E-state index is 13.4. The van der Waals surface area contributed by atoms with Crippen LogP contribution in [0.2, 0.25) is 0 Å². The second kappa shape index (κ2) is 3.86. The Kier molecular flexibility index (Phi) is 2.71. The Labute approximate surface area is 100.0 Å². The number of nitrogens with two attached hydrogens (primary N) is 1. The lowest BCUT2D eigenvalue weighted by atomic mass is 10.1. The van der Waals surface area contributed by atoms with Crippen molar-refractivity contribution in [3.05, 3.63) is 29.6 Å². The molecule has 3 nitrogen and oxygen atoms in total. The highest BCUT2D eigenvalue weighted by Gasteiger charge is 2.64. The molecule has 1 saturated carbocycles. The molecule has 7 heteroatoms. The minimum atomic E-state index is -4.52. The molecule has 1 aromatic carbocycles. The number of hydrogen-bond acceptors (Lipinski definition) is 2. The normalized spacial score (nSPS) is 17.3. The third kappa shape index (κ3) is 2.12. The van der Waals surface area contributed by atoms with Gasteiger partial charge in [-0.05, 0) is 31.0 Å². The number of alkyl halides is 3. The summed E-state index contributed by atoms with van der Waals surface area (Å²) in [5.41, 5.74) is 2.74. The number of carbonyl (C=O) groups is 1. The molecule has 18 heavy (non-hydrogen) atoms. The predicted octanol–water partition coefficient (Wildman–Crippen LogP) is 2.23. The molecule has 0 spiro atoms. The van der Waals surface area contributed by atoms with Gasteiger partial charge in [0.15, 0.2) is 0 Å². The van der Waals surface area contributed by atoms with Crippen LogP contribution < -0.4 is 11.1 Å². The van der Waals surface area contributed by atoms with Crippen LogP contribution in [-0.2, 0) is 0 Å². The van der Waals surface area contributed by atoms with Crippen LogP contribution in [0.15, 0.2) is 18.2 Å². The molecule has 2 rings (SSSR count). The number of anilines is 1. The van der Waals surface area contributed by atoms with Crippen molar-refractivity contribution in [3.8, 4) is 0 Å². The Hall–Kier alpha value is -1.79. The maximum absolute atomic E-state index is 13.4. The Bertz CT molecular complexity index is 494. The van der Waals surface area contributed by atoms with Gasteiger partial charge >= 0.3 is 6.18 Å². The van der Waals surface area contributed by atoms with E-state index < -0.39 is 29.0 Å². The predicted molar refractivity (Wildman–Crippen MR) is 56.3 cm³/mol. The van der Waals surface area contributed by atoms with E-state index in [0.29, 0.717) is 0 Å². The van der Waals surface area contributed by atoms with Crippen molar-refractivity contribution in [3.63, 3.8) is 0 Å². The van der Waals surface area contributed by atoms with Gasteiger partial charge in [-0.3, -0.25) is 4.79 Å². The van der Waals surface area contributed by atoms with E-state index in [4.69, 9.17) is 5.73 Å². The molecular weight excluding hydrogens is 252 g/mol. The van der Waals surface area contributed by atoms with Crippen molar-refractivity contribution in [2.45, 2.75) is 24.6 Å². The minimum absolute atomic E-state index is 0.0982. The molecule has 0 radical (unpaired) electrons. The molecule has 0 saturated heterocycles. The molecule has 1 aromatic rings. The first-order valence-electron chi connectivity index (χ1n) is 5.19. The fraction of sp³-hybridized carbons (Fsp3) is 0.364. The zero-order valence-corrected chi connectivity index (χ0v) is 9.14. The molecule has 0 unspecified atom stereocenters. The zero-order chi connectivity index (χ0) is 13.6. The van der Waals surface area contributed by atoms with Crippen molar-refractivity contribution < 1.29 is 22.4 Å². The molecule has 98 valence electrons. The summed E-state index contributed by atoms with van der Waals surface area (Å²) >= 11 is 0. The fourth-order valence-electron chi connectivity index (χ4n) is 1.60. The SMILES string of the molecule is Nc1ccc(C(=O)NC2(C(F)(F)F)CC2)c(F)c1. The highest BCUT2D eigenvalue weighted by molar-refractivity contribution is 5.95. The van der Waals surface area contributed by atoms with Crippen molar-refractivity contribution >= 4 is 11.6 Å². The Morgan fingerprint density at radius 3 is 2.39 bits per heavy atom. The van der Waals surface area contributed by atoms with Gasteiger partial charge in [0, 0.05) is 5.69 Å². The van der Waals surface area contributed by atoms with E-state index in [9.17, 15) is 22.4 Å². The number of carbonyl (C=O) groups excluding carboxylic acids is 1. The number of hydrogen-bond donors (Lipinski definition) is 2. The van der Waals surface area contributed by atoms with Crippen LogP contribution in [0.5, 0.6) is 0 Å². The summed E-state index contributed by atoms with van der Waals surface area (Å²) in [4.78, 5) is 11.6. The third-order valence-corrected chi connectivity index (χ3v) is 2.88. The first kappa shape index (κ1) is 12.7. The van der Waals surface area contributed by atoms with Crippen LogP contribution in [-0.4, -0.2) is 17.6 Å². The highest BCUT2D eigenvalue weighted by Crippen LogP contribution is 2.49. The molecule has 0 atom stereocenters. The van der Waals surface area contributed by atoms with Crippen LogP contribution in [0.4, 0.5) is 23.2 Å². The second-order valence-electron chi connectivity index (χ2n) is 4.27.